The van der Waals surface area contributed by atoms with Crippen LogP contribution in [0, 0.1) is 6.92 Å². The molecule has 0 saturated carbocycles. The third kappa shape index (κ3) is 6.18. The van der Waals surface area contributed by atoms with Gasteiger partial charge in [-0.3, -0.25) is 4.79 Å². The van der Waals surface area contributed by atoms with Gasteiger partial charge in [0.1, 0.15) is 11.8 Å². The predicted molar refractivity (Wildman–Crippen MR) is 162 cm³/mol. The average molecular weight is 574 g/mol. The fourth-order valence-corrected chi connectivity index (χ4v) is 5.68. The maximum Gasteiger partial charge on any atom is 0.255 e. The molecular formula is C31H32ClN5O2S. The highest BCUT2D eigenvalue weighted by Crippen LogP contribution is 2.38. The molecule has 1 aliphatic heterocycles. The van der Waals surface area contributed by atoms with Crippen LogP contribution in [0.5, 0.6) is 5.75 Å². The number of allylic oxidation sites excluding steroid dienone is 1. The summed E-state index contributed by atoms with van der Waals surface area (Å²) in [7, 11) is 0. The first-order valence-corrected chi connectivity index (χ1v) is 14.7. The van der Waals surface area contributed by atoms with Crippen molar-refractivity contribution >= 4 is 40.9 Å². The molecule has 40 heavy (non-hydrogen) atoms. The van der Waals surface area contributed by atoms with Gasteiger partial charge in [0, 0.05) is 22.2 Å². The smallest absolute Gasteiger partial charge is 0.255 e. The van der Waals surface area contributed by atoms with E-state index >= 15 is 0 Å². The van der Waals surface area contributed by atoms with Crippen molar-refractivity contribution in [3.63, 3.8) is 0 Å². The molecular weight excluding hydrogens is 542 g/mol. The minimum atomic E-state index is -0.503. The van der Waals surface area contributed by atoms with Crippen LogP contribution in [0.2, 0.25) is 5.02 Å². The number of amides is 1. The highest BCUT2D eigenvalue weighted by atomic mass is 35.5. The summed E-state index contributed by atoms with van der Waals surface area (Å²) in [6.07, 6.45) is 2.02. The standard InChI is InChI=1S/C31H32ClN5O2S/c1-4-5-17-39-24-14-10-13-22(18-24)28-27(29(38)34-26-16-9-6-11-20(26)2)21(3)33-30-35-31(36-37(28)30)40-19-23-12-7-8-15-25(23)32/h6-16,18,28H,4-5,17,19H2,1-3H3,(H,34,38)(H,33,35,36). The van der Waals surface area contributed by atoms with Crippen molar-refractivity contribution in [1.82, 2.24) is 14.8 Å². The second-order valence-electron chi connectivity index (χ2n) is 9.65. The van der Waals surface area contributed by atoms with Gasteiger partial charge in [0.2, 0.25) is 11.1 Å². The topological polar surface area (TPSA) is 81.1 Å². The molecule has 7 nitrogen and oxygen atoms in total. The third-order valence-corrected chi connectivity index (χ3v) is 7.98. The van der Waals surface area contributed by atoms with Crippen LogP contribution in [0.25, 0.3) is 0 Å². The maximum absolute atomic E-state index is 13.9. The number of halogens is 1. The van der Waals surface area contributed by atoms with Gasteiger partial charge in [-0.1, -0.05) is 85.2 Å². The number of carbonyl (C=O) groups excluding carboxylic acids is 1. The summed E-state index contributed by atoms with van der Waals surface area (Å²) < 4.78 is 7.80. The highest BCUT2D eigenvalue weighted by molar-refractivity contribution is 7.98. The first-order valence-electron chi connectivity index (χ1n) is 13.3. The number of fused-ring (bicyclic) bond motifs is 1. The SMILES string of the molecule is CCCCOc1cccc(C2C(C(=O)Nc3ccccc3C)=C(C)Nc3nc(SCc4ccccc4Cl)nn32)c1. The Hall–Kier alpha value is -3.75. The van der Waals surface area contributed by atoms with E-state index in [1.54, 1.807) is 4.68 Å². The Balaban J connectivity index is 1.50. The Morgan fingerprint density at radius 2 is 1.90 bits per heavy atom. The summed E-state index contributed by atoms with van der Waals surface area (Å²) in [5.74, 6) is 1.76. The summed E-state index contributed by atoms with van der Waals surface area (Å²) in [5, 5.41) is 12.6. The Morgan fingerprint density at radius 1 is 1.10 bits per heavy atom. The van der Waals surface area contributed by atoms with Crippen molar-refractivity contribution < 1.29 is 9.53 Å². The molecule has 1 unspecified atom stereocenters. The van der Waals surface area contributed by atoms with E-state index in [4.69, 9.17) is 26.4 Å². The van der Waals surface area contributed by atoms with E-state index in [-0.39, 0.29) is 5.91 Å². The van der Waals surface area contributed by atoms with Crippen molar-refractivity contribution in [2.45, 2.75) is 50.6 Å². The summed E-state index contributed by atoms with van der Waals surface area (Å²) in [4.78, 5) is 18.6. The van der Waals surface area contributed by atoms with E-state index in [9.17, 15) is 4.79 Å². The third-order valence-electron chi connectivity index (χ3n) is 6.73. The number of para-hydroxylation sites is 1. The Kier molecular flexibility index (Phi) is 8.77. The van der Waals surface area contributed by atoms with Gasteiger partial charge in [-0.15, -0.1) is 5.10 Å². The van der Waals surface area contributed by atoms with Gasteiger partial charge in [-0.2, -0.15) is 4.98 Å². The molecule has 0 radical (unpaired) electrons. The number of nitrogens with one attached hydrogen (secondary N) is 2. The van der Waals surface area contributed by atoms with Gasteiger partial charge < -0.3 is 15.4 Å². The van der Waals surface area contributed by atoms with Gasteiger partial charge >= 0.3 is 0 Å². The summed E-state index contributed by atoms with van der Waals surface area (Å²) in [5.41, 5.74) is 4.93. The lowest BCUT2D eigenvalue weighted by Crippen LogP contribution is -2.31. The maximum atomic E-state index is 13.9. The summed E-state index contributed by atoms with van der Waals surface area (Å²) >= 11 is 7.87. The van der Waals surface area contributed by atoms with Gasteiger partial charge in [0.25, 0.3) is 5.91 Å². The number of unbranched alkanes of at least 4 members (excludes halogenated alkanes) is 1. The first kappa shape index (κ1) is 27.8. The Morgan fingerprint density at radius 3 is 2.70 bits per heavy atom. The zero-order valence-corrected chi connectivity index (χ0v) is 24.4. The number of ether oxygens (including phenoxy) is 1. The molecule has 2 heterocycles. The fourth-order valence-electron chi connectivity index (χ4n) is 4.56. The van der Waals surface area contributed by atoms with Crippen LogP contribution in [-0.4, -0.2) is 27.3 Å². The lowest BCUT2D eigenvalue weighted by atomic mass is 9.94. The van der Waals surface area contributed by atoms with Crippen LogP contribution >= 0.6 is 23.4 Å². The van der Waals surface area contributed by atoms with Crippen LogP contribution in [0.15, 0.2) is 89.2 Å². The Labute approximate surface area is 244 Å². The molecule has 206 valence electrons. The van der Waals surface area contributed by atoms with Gasteiger partial charge in [0.05, 0.1) is 12.2 Å². The molecule has 2 N–H and O–H groups in total. The molecule has 0 bridgehead atoms. The zero-order chi connectivity index (χ0) is 28.1. The largest absolute Gasteiger partial charge is 0.494 e. The van der Waals surface area contributed by atoms with E-state index in [0.29, 0.717) is 34.1 Å². The number of aromatic nitrogens is 3. The van der Waals surface area contributed by atoms with Crippen LogP contribution in [-0.2, 0) is 10.5 Å². The minimum Gasteiger partial charge on any atom is -0.494 e. The molecule has 9 heteroatoms. The second-order valence-corrected chi connectivity index (χ2v) is 11.0. The number of benzene rings is 3. The molecule has 1 amide bonds. The lowest BCUT2D eigenvalue weighted by Gasteiger charge is -2.29. The van der Waals surface area contributed by atoms with Gasteiger partial charge in [-0.25, -0.2) is 4.68 Å². The van der Waals surface area contributed by atoms with Crippen molar-refractivity contribution in [3.05, 3.63) is 106 Å². The minimum absolute atomic E-state index is 0.201. The Bertz CT molecular complexity index is 1550. The number of thioether (sulfide) groups is 1. The number of hydrogen-bond donors (Lipinski definition) is 2. The molecule has 5 rings (SSSR count). The molecule has 1 aromatic heterocycles. The van der Waals surface area contributed by atoms with Crippen LogP contribution in [0.4, 0.5) is 11.6 Å². The highest BCUT2D eigenvalue weighted by Gasteiger charge is 2.34. The van der Waals surface area contributed by atoms with Crippen LogP contribution in [0.1, 0.15) is 49.4 Å². The number of hydrogen-bond acceptors (Lipinski definition) is 6. The van der Waals surface area contributed by atoms with E-state index in [1.165, 1.54) is 11.8 Å². The molecule has 4 aromatic rings. The number of nitrogens with zero attached hydrogens (tertiary/aromatic N) is 3. The quantitative estimate of drug-likeness (QED) is 0.150. The molecule has 0 aliphatic carbocycles. The van der Waals surface area contributed by atoms with Crippen LogP contribution in [0.3, 0.4) is 0 Å². The molecule has 1 aliphatic rings. The van der Waals surface area contributed by atoms with Crippen molar-refractivity contribution in [2.75, 3.05) is 17.2 Å². The monoisotopic (exact) mass is 573 g/mol. The normalized spacial score (nSPS) is 14.4. The summed E-state index contributed by atoms with van der Waals surface area (Å²) in [6, 6.07) is 22.9. The number of anilines is 2. The average Bonchev–Trinajstić information content (AvgIpc) is 3.35. The van der Waals surface area contributed by atoms with Crippen molar-refractivity contribution in [2.24, 2.45) is 0 Å². The fraction of sp³-hybridized carbons (Fsp3) is 0.258. The van der Waals surface area contributed by atoms with Crippen LogP contribution < -0.4 is 15.4 Å². The van der Waals surface area contributed by atoms with E-state index in [1.807, 2.05) is 86.6 Å². The van der Waals surface area contributed by atoms with Gasteiger partial charge in [-0.05, 0) is 61.2 Å². The predicted octanol–water partition coefficient (Wildman–Crippen LogP) is 7.64. The van der Waals surface area contributed by atoms with E-state index in [0.717, 1.165) is 46.7 Å². The van der Waals surface area contributed by atoms with Crippen molar-refractivity contribution in [3.8, 4) is 5.75 Å². The lowest BCUT2D eigenvalue weighted by molar-refractivity contribution is -0.113. The molecule has 3 aromatic carbocycles. The zero-order valence-electron chi connectivity index (χ0n) is 22.8. The van der Waals surface area contributed by atoms with Gasteiger partial charge in [0.15, 0.2) is 0 Å². The number of aryl methyl sites for hydroxylation is 1. The van der Waals surface area contributed by atoms with Crippen molar-refractivity contribution in [1.29, 1.82) is 0 Å². The van der Waals surface area contributed by atoms with E-state index in [2.05, 4.69) is 17.6 Å². The number of carbonyl (C=O) groups is 1. The molecule has 0 fully saturated rings. The molecule has 0 saturated heterocycles. The second kappa shape index (κ2) is 12.6. The first-order chi connectivity index (χ1) is 19.4. The molecule has 0 spiro atoms. The molecule has 1 atom stereocenters. The number of rotatable bonds is 10. The summed E-state index contributed by atoms with van der Waals surface area (Å²) in [6.45, 7) is 6.65. The van der Waals surface area contributed by atoms with E-state index < -0.39 is 6.04 Å².